The molecule has 3 amide bonds. The highest BCUT2D eigenvalue weighted by Gasteiger charge is 2.33. The summed E-state index contributed by atoms with van der Waals surface area (Å²) in [5.41, 5.74) is 0.945. The Bertz CT molecular complexity index is 879. The minimum Gasteiger partial charge on any atom is -0.494 e. The number of halogens is 1. The predicted molar refractivity (Wildman–Crippen MR) is 83.8 cm³/mol. The van der Waals surface area contributed by atoms with Gasteiger partial charge in [-0.05, 0) is 30.3 Å². The van der Waals surface area contributed by atoms with Crippen molar-refractivity contribution in [3.05, 3.63) is 58.9 Å². The third-order valence-electron chi connectivity index (χ3n) is 3.76. The molecular weight excluding hydrogens is 315 g/mol. The lowest BCUT2D eigenvalue weighted by molar-refractivity contribution is 0.0693. The summed E-state index contributed by atoms with van der Waals surface area (Å²) >= 11 is 0. The van der Waals surface area contributed by atoms with Gasteiger partial charge >= 0.3 is 0 Å². The second-order valence-electron chi connectivity index (χ2n) is 5.23. The maximum absolute atomic E-state index is 13.2. The quantitative estimate of drug-likeness (QED) is 0.877. The number of imide groups is 1. The van der Waals surface area contributed by atoms with E-state index in [1.807, 2.05) is 0 Å². The molecule has 0 atom stereocenters. The molecule has 24 heavy (non-hydrogen) atoms. The number of nitrogens with one attached hydrogen (secondary N) is 1. The zero-order valence-corrected chi connectivity index (χ0v) is 12.9. The Morgan fingerprint density at radius 1 is 1.08 bits per heavy atom. The molecule has 0 aromatic heterocycles. The molecule has 1 N–H and O–H groups in total. The van der Waals surface area contributed by atoms with Crippen LogP contribution >= 0.6 is 0 Å². The highest BCUT2D eigenvalue weighted by molar-refractivity contribution is 6.22. The number of anilines is 1. The Hall–Kier alpha value is -3.22. The molecule has 3 rings (SSSR count). The van der Waals surface area contributed by atoms with E-state index in [0.717, 1.165) is 11.0 Å². The molecule has 0 spiro atoms. The highest BCUT2D eigenvalue weighted by Crippen LogP contribution is 2.27. The van der Waals surface area contributed by atoms with Crippen LogP contribution in [0.5, 0.6) is 5.75 Å². The second kappa shape index (κ2) is 5.77. The Kier molecular flexibility index (Phi) is 3.76. The zero-order chi connectivity index (χ0) is 17.4. The molecule has 2 aromatic carbocycles. The Morgan fingerprint density at radius 3 is 2.50 bits per heavy atom. The molecule has 0 fully saturated rings. The molecule has 2 aromatic rings. The smallest absolute Gasteiger partial charge is 0.261 e. The van der Waals surface area contributed by atoms with Gasteiger partial charge in [0.05, 0.1) is 23.9 Å². The van der Waals surface area contributed by atoms with Crippen LogP contribution in [-0.4, -0.2) is 36.8 Å². The molecule has 1 aliphatic rings. The molecular formula is C17H13FN2O4. The Labute approximate surface area is 136 Å². The monoisotopic (exact) mass is 328 g/mol. The van der Waals surface area contributed by atoms with E-state index in [0.29, 0.717) is 5.69 Å². The number of ether oxygens (including phenoxy) is 1. The number of nitrogens with zero attached hydrogens (tertiary/aromatic N) is 1. The van der Waals surface area contributed by atoms with E-state index < -0.39 is 23.5 Å². The molecule has 0 saturated heterocycles. The third-order valence-corrected chi connectivity index (χ3v) is 3.76. The first-order valence-corrected chi connectivity index (χ1v) is 7.03. The zero-order valence-electron chi connectivity index (χ0n) is 12.9. The van der Waals surface area contributed by atoms with Crippen molar-refractivity contribution in [3.63, 3.8) is 0 Å². The van der Waals surface area contributed by atoms with Gasteiger partial charge in [-0.15, -0.1) is 0 Å². The number of hydrogen-bond acceptors (Lipinski definition) is 4. The molecule has 0 saturated carbocycles. The fourth-order valence-corrected chi connectivity index (χ4v) is 2.47. The standard InChI is InChI=1S/C17H13FN2O4/c1-20-16(22)11-5-3-9(7-12(11)17(20)23)15(21)19-13-6-4-10(18)8-14(13)24-2/h3-8H,1-2H3,(H,19,21). The summed E-state index contributed by atoms with van der Waals surface area (Å²) in [5, 5.41) is 2.59. The van der Waals surface area contributed by atoms with Crippen LogP contribution in [0.2, 0.25) is 0 Å². The molecule has 1 aliphatic heterocycles. The summed E-state index contributed by atoms with van der Waals surface area (Å²) in [7, 11) is 2.74. The van der Waals surface area contributed by atoms with Crippen molar-refractivity contribution in [2.75, 3.05) is 19.5 Å². The molecule has 122 valence electrons. The van der Waals surface area contributed by atoms with Gasteiger partial charge in [-0.25, -0.2) is 4.39 Å². The number of carbonyl (C=O) groups is 3. The summed E-state index contributed by atoms with van der Waals surface area (Å²) in [5.74, 6) is -1.67. The van der Waals surface area contributed by atoms with Crippen LogP contribution in [0.25, 0.3) is 0 Å². The lowest BCUT2D eigenvalue weighted by atomic mass is 10.1. The SMILES string of the molecule is COc1cc(F)ccc1NC(=O)c1ccc2c(c1)C(=O)N(C)C2=O. The summed E-state index contributed by atoms with van der Waals surface area (Å²) in [4.78, 5) is 37.2. The summed E-state index contributed by atoms with van der Waals surface area (Å²) in [6.07, 6.45) is 0. The van der Waals surface area contributed by atoms with Gasteiger partial charge < -0.3 is 10.1 Å². The van der Waals surface area contributed by atoms with Gasteiger partial charge in [0.15, 0.2) is 0 Å². The van der Waals surface area contributed by atoms with Crippen LogP contribution < -0.4 is 10.1 Å². The average molecular weight is 328 g/mol. The number of benzene rings is 2. The molecule has 0 unspecified atom stereocenters. The van der Waals surface area contributed by atoms with E-state index in [-0.39, 0.29) is 22.4 Å². The average Bonchev–Trinajstić information content (AvgIpc) is 2.80. The van der Waals surface area contributed by atoms with Gasteiger partial charge in [-0.1, -0.05) is 0 Å². The first kappa shape index (κ1) is 15.7. The maximum Gasteiger partial charge on any atom is 0.261 e. The van der Waals surface area contributed by atoms with Crippen molar-refractivity contribution in [2.24, 2.45) is 0 Å². The maximum atomic E-state index is 13.2. The van der Waals surface area contributed by atoms with Crippen molar-refractivity contribution >= 4 is 23.4 Å². The minimum absolute atomic E-state index is 0.176. The van der Waals surface area contributed by atoms with Gasteiger partial charge in [-0.3, -0.25) is 19.3 Å². The lowest BCUT2D eigenvalue weighted by Gasteiger charge is -2.10. The van der Waals surface area contributed by atoms with Crippen LogP contribution in [0.4, 0.5) is 10.1 Å². The summed E-state index contributed by atoms with van der Waals surface area (Å²) in [6, 6.07) is 7.98. The van der Waals surface area contributed by atoms with E-state index in [4.69, 9.17) is 4.74 Å². The topological polar surface area (TPSA) is 75.7 Å². The van der Waals surface area contributed by atoms with Crippen molar-refractivity contribution in [1.82, 2.24) is 4.90 Å². The van der Waals surface area contributed by atoms with E-state index in [1.54, 1.807) is 0 Å². The number of rotatable bonds is 3. The van der Waals surface area contributed by atoms with Gasteiger partial charge in [0.25, 0.3) is 17.7 Å². The van der Waals surface area contributed by atoms with Crippen LogP contribution in [0.1, 0.15) is 31.1 Å². The van der Waals surface area contributed by atoms with Crippen molar-refractivity contribution in [3.8, 4) is 5.75 Å². The molecule has 7 heteroatoms. The van der Waals surface area contributed by atoms with E-state index in [2.05, 4.69) is 5.32 Å². The van der Waals surface area contributed by atoms with Gasteiger partial charge in [0, 0.05) is 18.7 Å². The molecule has 0 radical (unpaired) electrons. The van der Waals surface area contributed by atoms with E-state index in [1.165, 1.54) is 44.5 Å². The predicted octanol–water partition coefficient (Wildman–Crippen LogP) is 2.31. The first-order valence-electron chi connectivity index (χ1n) is 7.03. The molecule has 1 heterocycles. The van der Waals surface area contributed by atoms with E-state index >= 15 is 0 Å². The van der Waals surface area contributed by atoms with Gasteiger partial charge in [-0.2, -0.15) is 0 Å². The van der Waals surface area contributed by atoms with Crippen molar-refractivity contribution in [1.29, 1.82) is 0 Å². The van der Waals surface area contributed by atoms with Crippen LogP contribution in [0, 0.1) is 5.82 Å². The number of hydrogen-bond donors (Lipinski definition) is 1. The Balaban J connectivity index is 1.90. The van der Waals surface area contributed by atoms with Crippen LogP contribution in [0.3, 0.4) is 0 Å². The largest absolute Gasteiger partial charge is 0.494 e. The molecule has 0 aliphatic carbocycles. The normalized spacial score (nSPS) is 13.0. The molecule has 0 bridgehead atoms. The summed E-state index contributed by atoms with van der Waals surface area (Å²) in [6.45, 7) is 0. The number of carbonyl (C=O) groups excluding carboxylic acids is 3. The van der Waals surface area contributed by atoms with Gasteiger partial charge in [0.1, 0.15) is 11.6 Å². The summed E-state index contributed by atoms with van der Waals surface area (Å²) < 4.78 is 18.2. The van der Waals surface area contributed by atoms with E-state index in [9.17, 15) is 18.8 Å². The first-order chi connectivity index (χ1) is 11.4. The fraction of sp³-hybridized carbons (Fsp3) is 0.118. The minimum atomic E-state index is -0.502. The van der Waals surface area contributed by atoms with Crippen molar-refractivity contribution in [2.45, 2.75) is 0 Å². The Morgan fingerprint density at radius 2 is 1.79 bits per heavy atom. The van der Waals surface area contributed by atoms with Crippen LogP contribution in [-0.2, 0) is 0 Å². The number of amides is 3. The van der Waals surface area contributed by atoms with Crippen molar-refractivity contribution < 1.29 is 23.5 Å². The van der Waals surface area contributed by atoms with Crippen LogP contribution in [0.15, 0.2) is 36.4 Å². The highest BCUT2D eigenvalue weighted by atomic mass is 19.1. The second-order valence-corrected chi connectivity index (χ2v) is 5.23. The third kappa shape index (κ3) is 2.50. The van der Waals surface area contributed by atoms with Gasteiger partial charge in [0.2, 0.25) is 0 Å². The number of methoxy groups -OCH3 is 1. The number of fused-ring (bicyclic) bond motifs is 1. The fourth-order valence-electron chi connectivity index (χ4n) is 2.47. The molecule has 6 nitrogen and oxygen atoms in total. The lowest BCUT2D eigenvalue weighted by Crippen LogP contribution is -2.24.